The predicted molar refractivity (Wildman–Crippen MR) is 85.8 cm³/mol. The van der Waals surface area contributed by atoms with E-state index in [0.717, 1.165) is 11.4 Å². The van der Waals surface area contributed by atoms with E-state index in [0.29, 0.717) is 24.6 Å². The molecular formula is C15H20N6O2. The molecule has 1 aromatic carbocycles. The Morgan fingerprint density at radius 1 is 1.26 bits per heavy atom. The maximum atomic E-state index is 11.4. The second kappa shape index (κ2) is 7.92. The molecule has 0 spiro atoms. The van der Waals surface area contributed by atoms with E-state index in [-0.39, 0.29) is 5.97 Å². The summed E-state index contributed by atoms with van der Waals surface area (Å²) in [6.07, 6.45) is 1.51. The molecule has 0 radical (unpaired) electrons. The maximum Gasteiger partial charge on any atom is 0.337 e. The Morgan fingerprint density at radius 2 is 1.96 bits per heavy atom. The number of esters is 1. The summed E-state index contributed by atoms with van der Waals surface area (Å²) in [7, 11) is 4.90. The van der Waals surface area contributed by atoms with Crippen LogP contribution in [0.4, 0.5) is 0 Å². The van der Waals surface area contributed by atoms with Crippen LogP contribution >= 0.6 is 0 Å². The first-order chi connectivity index (χ1) is 11.1. The predicted octanol–water partition coefficient (Wildman–Crippen LogP) is 0.467. The lowest BCUT2D eigenvalue weighted by atomic mass is 10.1. The van der Waals surface area contributed by atoms with Crippen molar-refractivity contribution in [1.29, 1.82) is 0 Å². The van der Waals surface area contributed by atoms with Crippen molar-refractivity contribution in [3.63, 3.8) is 0 Å². The molecule has 0 aliphatic rings. The van der Waals surface area contributed by atoms with Gasteiger partial charge >= 0.3 is 5.97 Å². The molecule has 0 saturated heterocycles. The van der Waals surface area contributed by atoms with Crippen molar-refractivity contribution in [2.24, 2.45) is 12.0 Å². The number of ether oxygens (including phenoxy) is 1. The van der Waals surface area contributed by atoms with Gasteiger partial charge < -0.3 is 15.4 Å². The molecule has 1 heterocycles. The van der Waals surface area contributed by atoms with Gasteiger partial charge in [0.15, 0.2) is 5.96 Å². The van der Waals surface area contributed by atoms with E-state index >= 15 is 0 Å². The van der Waals surface area contributed by atoms with Gasteiger partial charge in [-0.1, -0.05) is 12.1 Å². The molecule has 0 bridgehead atoms. The van der Waals surface area contributed by atoms with Crippen molar-refractivity contribution < 1.29 is 9.53 Å². The van der Waals surface area contributed by atoms with Crippen molar-refractivity contribution in [2.75, 3.05) is 14.2 Å². The van der Waals surface area contributed by atoms with E-state index in [1.165, 1.54) is 13.4 Å². The number of rotatable bonds is 5. The Labute approximate surface area is 134 Å². The van der Waals surface area contributed by atoms with Crippen molar-refractivity contribution >= 4 is 11.9 Å². The number of methoxy groups -OCH3 is 1. The molecule has 8 nitrogen and oxygen atoms in total. The quantitative estimate of drug-likeness (QED) is 0.473. The minimum Gasteiger partial charge on any atom is -0.465 e. The standard InChI is InChI=1S/C15H20N6O2/c1-16-15(18-9-13-19-10-20-21(13)2)17-8-11-4-6-12(7-5-11)14(22)23-3/h4-7,10H,8-9H2,1-3H3,(H2,16,17,18). The van der Waals surface area contributed by atoms with E-state index in [1.807, 2.05) is 19.2 Å². The zero-order chi connectivity index (χ0) is 16.7. The number of hydrogen-bond acceptors (Lipinski definition) is 5. The van der Waals surface area contributed by atoms with Crippen LogP contribution in [0.5, 0.6) is 0 Å². The molecule has 0 aliphatic carbocycles. The molecule has 2 N–H and O–H groups in total. The summed E-state index contributed by atoms with van der Waals surface area (Å²) in [6, 6.07) is 7.21. The molecule has 0 amide bonds. The summed E-state index contributed by atoms with van der Waals surface area (Å²) in [5.41, 5.74) is 1.56. The van der Waals surface area contributed by atoms with E-state index < -0.39 is 0 Å². The normalized spacial score (nSPS) is 11.2. The fourth-order valence-electron chi connectivity index (χ4n) is 1.93. The molecular weight excluding hydrogens is 296 g/mol. The molecule has 8 heteroatoms. The Morgan fingerprint density at radius 3 is 2.52 bits per heavy atom. The van der Waals surface area contributed by atoms with E-state index in [1.54, 1.807) is 23.9 Å². The zero-order valence-corrected chi connectivity index (χ0v) is 13.4. The maximum absolute atomic E-state index is 11.4. The Bertz CT molecular complexity index is 678. The summed E-state index contributed by atoms with van der Waals surface area (Å²) < 4.78 is 6.37. The van der Waals surface area contributed by atoms with Crippen LogP contribution in [-0.2, 0) is 24.9 Å². The molecule has 0 unspecified atom stereocenters. The van der Waals surface area contributed by atoms with Gasteiger partial charge in [0.1, 0.15) is 12.2 Å². The van der Waals surface area contributed by atoms with Crippen molar-refractivity contribution in [1.82, 2.24) is 25.4 Å². The summed E-state index contributed by atoms with van der Waals surface area (Å²) >= 11 is 0. The Balaban J connectivity index is 1.85. The number of nitrogens with zero attached hydrogens (tertiary/aromatic N) is 4. The highest BCUT2D eigenvalue weighted by molar-refractivity contribution is 5.89. The first kappa shape index (κ1) is 16.5. The van der Waals surface area contributed by atoms with Crippen LogP contribution in [0.15, 0.2) is 35.6 Å². The number of benzene rings is 1. The monoisotopic (exact) mass is 316 g/mol. The van der Waals surface area contributed by atoms with Crippen molar-refractivity contribution in [3.05, 3.63) is 47.5 Å². The number of carbonyl (C=O) groups excluding carboxylic acids is 1. The molecule has 0 atom stereocenters. The number of hydrogen-bond donors (Lipinski definition) is 2. The third kappa shape index (κ3) is 4.53. The van der Waals surface area contributed by atoms with Gasteiger partial charge in [0.2, 0.25) is 0 Å². The van der Waals surface area contributed by atoms with Crippen LogP contribution in [0, 0.1) is 0 Å². The smallest absolute Gasteiger partial charge is 0.337 e. The fourth-order valence-corrected chi connectivity index (χ4v) is 1.93. The number of aromatic nitrogens is 3. The largest absolute Gasteiger partial charge is 0.465 e. The first-order valence-corrected chi connectivity index (χ1v) is 7.08. The van der Waals surface area contributed by atoms with Crippen LogP contribution in [-0.4, -0.2) is 40.9 Å². The van der Waals surface area contributed by atoms with Crippen LogP contribution in [0.3, 0.4) is 0 Å². The van der Waals surface area contributed by atoms with Gasteiger partial charge in [-0.2, -0.15) is 5.10 Å². The summed E-state index contributed by atoms with van der Waals surface area (Å²) in [6.45, 7) is 1.11. The van der Waals surface area contributed by atoms with Gasteiger partial charge in [-0.15, -0.1) is 0 Å². The Hall–Kier alpha value is -2.90. The van der Waals surface area contributed by atoms with Crippen LogP contribution < -0.4 is 10.6 Å². The van der Waals surface area contributed by atoms with Crippen LogP contribution in [0.1, 0.15) is 21.7 Å². The summed E-state index contributed by atoms with van der Waals surface area (Å²) in [4.78, 5) is 19.7. The average molecular weight is 316 g/mol. The van der Waals surface area contributed by atoms with Crippen molar-refractivity contribution in [2.45, 2.75) is 13.1 Å². The second-order valence-electron chi connectivity index (χ2n) is 4.77. The molecule has 2 aromatic rings. The van der Waals surface area contributed by atoms with E-state index in [4.69, 9.17) is 0 Å². The second-order valence-corrected chi connectivity index (χ2v) is 4.77. The number of carbonyl (C=O) groups is 1. The minimum absolute atomic E-state index is 0.342. The third-order valence-corrected chi connectivity index (χ3v) is 3.28. The van der Waals surface area contributed by atoms with Gasteiger partial charge in [-0.25, -0.2) is 9.78 Å². The lowest BCUT2D eigenvalue weighted by Crippen LogP contribution is -2.36. The van der Waals surface area contributed by atoms with E-state index in [2.05, 4.69) is 30.4 Å². The van der Waals surface area contributed by atoms with E-state index in [9.17, 15) is 4.79 Å². The minimum atomic E-state index is -0.342. The van der Waals surface area contributed by atoms with Gasteiger partial charge in [0.25, 0.3) is 0 Å². The molecule has 2 rings (SSSR count). The highest BCUT2D eigenvalue weighted by atomic mass is 16.5. The number of aliphatic imine (C=N–C) groups is 1. The zero-order valence-electron chi connectivity index (χ0n) is 13.4. The summed E-state index contributed by atoms with van der Waals surface area (Å²) in [5.74, 6) is 1.13. The first-order valence-electron chi connectivity index (χ1n) is 7.08. The highest BCUT2D eigenvalue weighted by Crippen LogP contribution is 2.05. The lowest BCUT2D eigenvalue weighted by molar-refractivity contribution is 0.0600. The van der Waals surface area contributed by atoms with Gasteiger partial charge in [0.05, 0.1) is 19.2 Å². The highest BCUT2D eigenvalue weighted by Gasteiger charge is 2.05. The average Bonchev–Trinajstić information content (AvgIpc) is 3.00. The number of nitrogens with one attached hydrogen (secondary N) is 2. The van der Waals surface area contributed by atoms with Crippen LogP contribution in [0.2, 0.25) is 0 Å². The molecule has 0 fully saturated rings. The third-order valence-electron chi connectivity index (χ3n) is 3.28. The van der Waals surface area contributed by atoms with Gasteiger partial charge in [-0.05, 0) is 17.7 Å². The number of aryl methyl sites for hydroxylation is 1. The molecule has 0 aliphatic heterocycles. The summed E-state index contributed by atoms with van der Waals surface area (Å²) in [5, 5.41) is 10.4. The number of guanidine groups is 1. The molecule has 1 aromatic heterocycles. The molecule has 122 valence electrons. The molecule has 23 heavy (non-hydrogen) atoms. The van der Waals surface area contributed by atoms with Crippen LogP contribution in [0.25, 0.3) is 0 Å². The Kier molecular flexibility index (Phi) is 5.67. The lowest BCUT2D eigenvalue weighted by Gasteiger charge is -2.11. The van der Waals surface area contributed by atoms with Crippen molar-refractivity contribution in [3.8, 4) is 0 Å². The SMILES string of the molecule is CN=C(NCc1ccc(C(=O)OC)cc1)NCc1ncnn1C. The molecule has 0 saturated carbocycles. The van der Waals surface area contributed by atoms with Gasteiger partial charge in [-0.3, -0.25) is 9.67 Å². The topological polar surface area (TPSA) is 93.4 Å². The fraction of sp³-hybridized carbons (Fsp3) is 0.333. The van der Waals surface area contributed by atoms with Gasteiger partial charge in [0, 0.05) is 20.6 Å².